The van der Waals surface area contributed by atoms with E-state index in [-0.39, 0.29) is 17.1 Å². The van der Waals surface area contributed by atoms with Gasteiger partial charge in [-0.15, -0.1) is 5.69 Å². The van der Waals surface area contributed by atoms with Crippen molar-refractivity contribution in [2.75, 3.05) is 13.7 Å². The zero-order valence-electron chi connectivity index (χ0n) is 19.7. The molecule has 1 N–H and O–H groups in total. The van der Waals surface area contributed by atoms with Gasteiger partial charge in [0.2, 0.25) is 0 Å². The highest BCUT2D eigenvalue weighted by Gasteiger charge is 2.45. The van der Waals surface area contributed by atoms with Gasteiger partial charge in [-0.1, -0.05) is 44.2 Å². The van der Waals surface area contributed by atoms with Crippen molar-refractivity contribution < 1.29 is 18.7 Å². The fraction of sp³-hybridized carbons (Fsp3) is 0.682. The van der Waals surface area contributed by atoms with E-state index in [0.717, 1.165) is 4.90 Å². The molecular weight excluding hydrogens is 433 g/mol. The summed E-state index contributed by atoms with van der Waals surface area (Å²) >= 11 is 0. The molecule has 1 fully saturated rings. The first kappa shape index (κ1) is 26.0. The number of halogens is 1. The Bertz CT molecular complexity index is 808. The maximum atomic E-state index is 14.4. The van der Waals surface area contributed by atoms with E-state index in [1.807, 2.05) is 30.3 Å². The van der Waals surface area contributed by atoms with Crippen molar-refractivity contribution in [2.24, 2.45) is 10.3 Å². The summed E-state index contributed by atoms with van der Waals surface area (Å²) in [5.41, 5.74) is 6.23. The van der Waals surface area contributed by atoms with Gasteiger partial charge in [-0.3, -0.25) is 0 Å². The molecule has 0 aliphatic carbocycles. The first-order valence-corrected chi connectivity index (χ1v) is 15.1. The summed E-state index contributed by atoms with van der Waals surface area (Å²) in [6.45, 7) is 12.4. The molecule has 6 nitrogen and oxygen atoms in total. The molecule has 1 saturated heterocycles. The Morgan fingerprint density at radius 3 is 2.48 bits per heavy atom. The first-order valence-electron chi connectivity index (χ1n) is 10.7. The summed E-state index contributed by atoms with van der Waals surface area (Å²) in [6.07, 6.45) is -2.68. The second-order valence-electron chi connectivity index (χ2n) is 9.48. The highest BCUT2D eigenvalue weighted by Crippen LogP contribution is 2.40. The molecule has 0 amide bonds. The minimum Gasteiger partial charge on any atom is -0.414 e. The third-order valence-electron chi connectivity index (χ3n) is 6.23. The molecule has 1 aliphatic rings. The van der Waals surface area contributed by atoms with E-state index in [9.17, 15) is 9.50 Å². The first-order chi connectivity index (χ1) is 14.4. The van der Waals surface area contributed by atoms with Crippen LogP contribution in [0.25, 0.3) is 0 Å². The lowest BCUT2D eigenvalue weighted by atomic mass is 9.99. The van der Waals surface area contributed by atoms with Crippen LogP contribution in [0.2, 0.25) is 18.1 Å². The Morgan fingerprint density at radius 2 is 1.97 bits per heavy atom. The smallest absolute Gasteiger partial charge is 0.192 e. The Labute approximate surface area is 189 Å². The maximum Gasteiger partial charge on any atom is 0.192 e. The van der Waals surface area contributed by atoms with Gasteiger partial charge in [-0.05, 0) is 42.1 Å². The third-order valence-corrected chi connectivity index (χ3v) is 12.6. The molecule has 176 valence electrons. The summed E-state index contributed by atoms with van der Waals surface area (Å²) in [7, 11) is -1.76. The van der Waals surface area contributed by atoms with Crippen molar-refractivity contribution in [3.63, 3.8) is 0 Å². The lowest BCUT2D eigenvalue weighted by molar-refractivity contribution is -0.154. The maximum absolute atomic E-state index is 14.4. The van der Waals surface area contributed by atoms with Gasteiger partial charge in [0.05, 0.1) is 19.7 Å². The van der Waals surface area contributed by atoms with E-state index in [2.05, 4.69) is 44.2 Å². The molecule has 0 spiro atoms. The van der Waals surface area contributed by atoms with Gasteiger partial charge in [0.1, 0.15) is 17.6 Å². The third kappa shape index (κ3) is 6.40. The molecule has 1 aliphatic heterocycles. The number of alkyl halides is 1. The quantitative estimate of drug-likeness (QED) is 0.199. The van der Waals surface area contributed by atoms with Crippen LogP contribution >= 0.6 is 10.3 Å². The van der Waals surface area contributed by atoms with Crippen LogP contribution in [0.15, 0.2) is 45.6 Å². The van der Waals surface area contributed by atoms with Gasteiger partial charge in [0.25, 0.3) is 0 Å². The van der Waals surface area contributed by atoms with Crippen LogP contribution in [-0.2, 0) is 9.16 Å². The average molecular weight is 472 g/mol. The van der Waals surface area contributed by atoms with E-state index in [4.69, 9.17) is 14.9 Å². The summed E-state index contributed by atoms with van der Waals surface area (Å²) in [5, 5.41) is 20.0. The molecule has 0 bridgehead atoms. The number of rotatable bonds is 6. The van der Waals surface area contributed by atoms with Crippen LogP contribution in [0.3, 0.4) is 0 Å². The fourth-order valence-corrected chi connectivity index (χ4v) is 5.88. The van der Waals surface area contributed by atoms with E-state index in [0.29, 0.717) is 6.42 Å². The predicted octanol–water partition coefficient (Wildman–Crippen LogP) is 5.12. The van der Waals surface area contributed by atoms with Gasteiger partial charge >= 0.3 is 0 Å². The van der Waals surface area contributed by atoms with Crippen LogP contribution in [0.5, 0.6) is 0 Å². The molecule has 6 atom stereocenters. The number of aliphatic hydroxyl groups is 1. The number of benzene rings is 1. The number of thiol groups is 1. The molecule has 1 aromatic carbocycles. The lowest BCUT2D eigenvalue weighted by Gasteiger charge is -2.45. The second kappa shape index (κ2) is 10.6. The zero-order valence-corrected chi connectivity index (χ0v) is 21.6. The molecule has 9 heteroatoms. The number of aliphatic hydroxyl groups excluding tert-OH is 1. The van der Waals surface area contributed by atoms with E-state index < -0.39 is 43.2 Å². The van der Waals surface area contributed by atoms with E-state index in [1.54, 1.807) is 0 Å². The van der Waals surface area contributed by atoms with E-state index in [1.165, 1.54) is 19.0 Å². The minimum atomic E-state index is -2.06. The monoisotopic (exact) mass is 471 g/mol. The summed E-state index contributed by atoms with van der Waals surface area (Å²) in [4.78, 5) is 0.985. The molecular formula is C22H38FN3O3SSi. The van der Waals surface area contributed by atoms with Gasteiger partial charge < -0.3 is 14.3 Å². The molecule has 0 saturated carbocycles. The summed E-state index contributed by atoms with van der Waals surface area (Å²) < 4.78 is 27.0. The average Bonchev–Trinajstić information content (AvgIpc) is 2.70. The Morgan fingerprint density at radius 1 is 1.35 bits per heavy atom. The molecule has 2 unspecified atom stereocenters. The fourth-order valence-electron chi connectivity index (χ4n) is 3.29. The number of nitrogens with zero attached hydrogens (tertiary/aromatic N) is 3. The lowest BCUT2D eigenvalue weighted by Crippen LogP contribution is -2.57. The highest BCUT2D eigenvalue weighted by atomic mass is 32.2. The normalized spacial score (nSPS) is 27.2. The molecule has 1 aromatic rings. The van der Waals surface area contributed by atoms with Gasteiger partial charge in [-0.25, -0.2) is 9.40 Å². The van der Waals surface area contributed by atoms with Gasteiger partial charge in [0.15, 0.2) is 14.6 Å². The van der Waals surface area contributed by atoms with Crippen molar-refractivity contribution in [1.82, 2.24) is 5.01 Å². The van der Waals surface area contributed by atoms with Gasteiger partial charge in [0, 0.05) is 6.42 Å². The topological polar surface area (TPSA) is 66.7 Å². The van der Waals surface area contributed by atoms with Crippen molar-refractivity contribution >= 4 is 18.6 Å². The van der Waals surface area contributed by atoms with Crippen LogP contribution < -0.4 is 0 Å². The SMILES string of the molecule is C#[SH](c1ccccc1)[C@@H]1C[C@@H](N(/N=N\C)C(C)F)[C@H](O)[C@@H](CO[Si](C)(C)C(C)(C)C)O1. The van der Waals surface area contributed by atoms with Crippen molar-refractivity contribution in [2.45, 2.75) is 87.1 Å². The number of hydrogen-bond acceptors (Lipinski definition) is 5. The Hall–Kier alpha value is -1.22. The summed E-state index contributed by atoms with van der Waals surface area (Å²) in [6, 6.07) is 9.13. The zero-order chi connectivity index (χ0) is 23.4. The van der Waals surface area contributed by atoms with Crippen LogP contribution in [0.4, 0.5) is 4.39 Å². The Balaban J connectivity index is 2.32. The minimum absolute atomic E-state index is 0.0197. The number of ether oxygens (including phenoxy) is 1. The molecule has 0 aromatic heterocycles. The standard InChI is InChI=1S/C22H38FN3O3SSi/c1-16(23)26(25-24-5)18-14-20(30(6)17-12-10-9-11-13-17)29-19(21(18)27)15-28-31(7,8)22(2,3)4/h6,9-13,16,18-21,27,30H,14-15H2,1-5,7-8H3/b25-24-/t16?,18-,19-,20-,21+/m1/s1. The summed E-state index contributed by atoms with van der Waals surface area (Å²) in [5.74, 6) is 0. The number of hydrogen-bond donors (Lipinski definition) is 2. The van der Waals surface area contributed by atoms with Crippen LogP contribution in [0.1, 0.15) is 34.1 Å². The van der Waals surface area contributed by atoms with Crippen LogP contribution in [-0.4, -0.2) is 62.1 Å². The highest BCUT2D eigenvalue weighted by molar-refractivity contribution is 8.07. The largest absolute Gasteiger partial charge is 0.414 e. The van der Waals surface area contributed by atoms with Crippen LogP contribution in [0, 0.1) is 5.69 Å². The van der Waals surface area contributed by atoms with Crippen molar-refractivity contribution in [3.8, 4) is 5.69 Å². The second-order valence-corrected chi connectivity index (χ2v) is 16.2. The van der Waals surface area contributed by atoms with Gasteiger partial charge in [-0.2, -0.15) is 15.4 Å². The predicted molar refractivity (Wildman–Crippen MR) is 128 cm³/mol. The molecule has 31 heavy (non-hydrogen) atoms. The molecule has 1 heterocycles. The van der Waals surface area contributed by atoms with E-state index >= 15 is 0 Å². The molecule has 0 radical (unpaired) electrons. The molecule has 2 rings (SSSR count). The van der Waals surface area contributed by atoms with Crippen molar-refractivity contribution in [1.29, 1.82) is 0 Å². The van der Waals surface area contributed by atoms with Crippen molar-refractivity contribution in [3.05, 3.63) is 30.3 Å². The Kier molecular flexibility index (Phi) is 8.90.